The number of piperazine rings is 1. The van der Waals surface area contributed by atoms with Crippen molar-refractivity contribution >= 4 is 17.8 Å². The Hall–Kier alpha value is -2.57. The Kier molecular flexibility index (Phi) is 9.15. The molecule has 30 heavy (non-hydrogen) atoms. The maximum absolute atomic E-state index is 9.60. The predicted molar refractivity (Wildman–Crippen MR) is 125 cm³/mol. The van der Waals surface area contributed by atoms with Gasteiger partial charge in [-0.1, -0.05) is 35.9 Å². The van der Waals surface area contributed by atoms with Gasteiger partial charge in [0.15, 0.2) is 0 Å². The van der Waals surface area contributed by atoms with Gasteiger partial charge in [-0.2, -0.15) is 0 Å². The molecule has 0 bridgehead atoms. The molecule has 1 aliphatic rings. The van der Waals surface area contributed by atoms with Crippen LogP contribution in [0, 0.1) is 6.92 Å². The van der Waals surface area contributed by atoms with Gasteiger partial charge in [-0.05, 0) is 45.4 Å². The molecular formula is C24H36N4O2. The van der Waals surface area contributed by atoms with E-state index < -0.39 is 0 Å². The van der Waals surface area contributed by atoms with E-state index in [2.05, 4.69) is 69.7 Å². The maximum Gasteiger partial charge on any atom is 0.293 e. The lowest BCUT2D eigenvalue weighted by molar-refractivity contribution is -0.138. The molecule has 0 amide bonds. The molecule has 0 aliphatic carbocycles. The highest BCUT2D eigenvalue weighted by Gasteiger charge is 2.15. The summed E-state index contributed by atoms with van der Waals surface area (Å²) in [5.74, 6) is 0. The molecule has 2 aromatic rings. The van der Waals surface area contributed by atoms with Crippen molar-refractivity contribution in [3.05, 3.63) is 59.2 Å². The molecule has 1 aliphatic heterocycles. The summed E-state index contributed by atoms with van der Waals surface area (Å²) in [5, 5.41) is 6.96. The molecule has 0 unspecified atom stereocenters. The zero-order valence-corrected chi connectivity index (χ0v) is 18.7. The highest BCUT2D eigenvalue weighted by molar-refractivity contribution is 5.67. The summed E-state index contributed by atoms with van der Waals surface area (Å²) in [4.78, 5) is 12.0. The average molecular weight is 413 g/mol. The number of aryl methyl sites for hydroxylation is 1. The van der Waals surface area contributed by atoms with Crippen molar-refractivity contribution in [2.24, 2.45) is 5.73 Å². The SMILES string of the molecule is CC(C)(C)OC=O.Cc1cccc(CNc2cccc(N3CCNCC3)c2CN)c1. The molecule has 6 nitrogen and oxygen atoms in total. The second-order valence-electron chi connectivity index (χ2n) is 8.41. The van der Waals surface area contributed by atoms with E-state index in [1.54, 1.807) is 0 Å². The summed E-state index contributed by atoms with van der Waals surface area (Å²) in [6.45, 7) is 13.6. The van der Waals surface area contributed by atoms with Crippen LogP contribution in [0.1, 0.15) is 37.5 Å². The summed E-state index contributed by atoms with van der Waals surface area (Å²) in [7, 11) is 0. The number of ether oxygens (including phenoxy) is 1. The quantitative estimate of drug-likeness (QED) is 0.631. The highest BCUT2D eigenvalue weighted by Crippen LogP contribution is 2.28. The first kappa shape index (κ1) is 23.7. The zero-order chi connectivity index (χ0) is 22.0. The summed E-state index contributed by atoms with van der Waals surface area (Å²) < 4.78 is 4.55. The maximum atomic E-state index is 9.60. The molecule has 0 aromatic heterocycles. The third kappa shape index (κ3) is 7.69. The second kappa shape index (κ2) is 11.6. The molecule has 0 spiro atoms. The van der Waals surface area contributed by atoms with E-state index in [9.17, 15) is 4.79 Å². The van der Waals surface area contributed by atoms with Crippen molar-refractivity contribution in [1.29, 1.82) is 0 Å². The van der Waals surface area contributed by atoms with Gasteiger partial charge >= 0.3 is 0 Å². The fourth-order valence-electron chi connectivity index (χ4n) is 3.32. The van der Waals surface area contributed by atoms with Crippen LogP contribution in [0.25, 0.3) is 0 Å². The number of hydrogen-bond acceptors (Lipinski definition) is 6. The third-order valence-corrected chi connectivity index (χ3v) is 4.78. The number of rotatable bonds is 6. The van der Waals surface area contributed by atoms with E-state index in [4.69, 9.17) is 5.73 Å². The molecule has 0 radical (unpaired) electrons. The lowest BCUT2D eigenvalue weighted by atomic mass is 10.1. The Morgan fingerprint density at radius 1 is 1.17 bits per heavy atom. The minimum absolute atomic E-state index is 0.318. The Morgan fingerprint density at radius 2 is 1.87 bits per heavy atom. The standard InChI is InChI=1S/C19H26N4.C5H10O2/c1-15-4-2-5-16(12-15)14-22-18-6-3-7-19(17(18)13-20)23-10-8-21-9-11-23;1-5(2,3)7-4-6/h2-7,12,21-22H,8-11,13-14,20H2,1H3;4H,1-3H3. The average Bonchev–Trinajstić information content (AvgIpc) is 2.72. The summed E-state index contributed by atoms with van der Waals surface area (Å²) in [6, 6.07) is 15.0. The lowest BCUT2D eigenvalue weighted by Crippen LogP contribution is -2.44. The molecule has 0 saturated carbocycles. The fraction of sp³-hybridized carbons (Fsp3) is 0.458. The van der Waals surface area contributed by atoms with Gasteiger partial charge in [-0.3, -0.25) is 4.79 Å². The molecule has 3 rings (SSSR count). The van der Waals surface area contributed by atoms with Crippen LogP contribution in [0.2, 0.25) is 0 Å². The molecule has 0 atom stereocenters. The Labute approximate surface area is 180 Å². The van der Waals surface area contributed by atoms with Crippen LogP contribution in [0.15, 0.2) is 42.5 Å². The number of nitrogens with one attached hydrogen (secondary N) is 2. The van der Waals surface area contributed by atoms with Crippen molar-refractivity contribution < 1.29 is 9.53 Å². The van der Waals surface area contributed by atoms with Gasteiger partial charge < -0.3 is 26.0 Å². The van der Waals surface area contributed by atoms with Crippen LogP contribution >= 0.6 is 0 Å². The summed E-state index contributed by atoms with van der Waals surface area (Å²) >= 11 is 0. The molecular weight excluding hydrogens is 376 g/mol. The van der Waals surface area contributed by atoms with Crippen molar-refractivity contribution in [3.63, 3.8) is 0 Å². The number of nitrogens with zero attached hydrogens (tertiary/aromatic N) is 1. The first-order chi connectivity index (χ1) is 14.3. The van der Waals surface area contributed by atoms with E-state index in [1.165, 1.54) is 22.4 Å². The van der Waals surface area contributed by atoms with E-state index in [1.807, 2.05) is 20.8 Å². The van der Waals surface area contributed by atoms with Crippen molar-refractivity contribution in [1.82, 2.24) is 5.32 Å². The monoisotopic (exact) mass is 412 g/mol. The zero-order valence-electron chi connectivity index (χ0n) is 18.7. The van der Waals surface area contributed by atoms with Crippen LogP contribution in [-0.4, -0.2) is 38.3 Å². The number of benzene rings is 2. The Morgan fingerprint density at radius 3 is 2.43 bits per heavy atom. The van der Waals surface area contributed by atoms with Gasteiger partial charge in [0.1, 0.15) is 5.60 Å². The number of carbonyl (C=O) groups excluding carboxylic acids is 1. The normalized spacial score (nSPS) is 13.8. The first-order valence-electron chi connectivity index (χ1n) is 10.5. The molecule has 2 aromatic carbocycles. The first-order valence-corrected chi connectivity index (χ1v) is 10.5. The van der Waals surface area contributed by atoms with Crippen LogP contribution < -0.4 is 21.3 Å². The minimum atomic E-state index is -0.318. The number of hydrogen-bond donors (Lipinski definition) is 3. The topological polar surface area (TPSA) is 79.6 Å². The van der Waals surface area contributed by atoms with Gasteiger partial charge in [0.25, 0.3) is 6.47 Å². The Balaban J connectivity index is 0.000000396. The lowest BCUT2D eigenvalue weighted by Gasteiger charge is -2.32. The van der Waals surface area contributed by atoms with Crippen LogP contribution in [0.4, 0.5) is 11.4 Å². The second-order valence-corrected chi connectivity index (χ2v) is 8.41. The van der Waals surface area contributed by atoms with Crippen LogP contribution in [-0.2, 0) is 22.6 Å². The van der Waals surface area contributed by atoms with Gasteiger partial charge in [-0.15, -0.1) is 0 Å². The molecule has 6 heteroatoms. The van der Waals surface area contributed by atoms with E-state index in [0.29, 0.717) is 13.0 Å². The highest BCUT2D eigenvalue weighted by atomic mass is 16.5. The minimum Gasteiger partial charge on any atom is -0.462 e. The predicted octanol–water partition coefficient (Wildman–Crippen LogP) is 3.43. The number of nitrogens with two attached hydrogens (primary N) is 1. The summed E-state index contributed by atoms with van der Waals surface area (Å²) in [6.07, 6.45) is 0. The fourth-order valence-corrected chi connectivity index (χ4v) is 3.32. The Bertz CT molecular complexity index is 796. The molecule has 1 heterocycles. The number of carbonyl (C=O) groups is 1. The van der Waals surface area contributed by atoms with Gasteiger partial charge in [0, 0.05) is 56.2 Å². The van der Waals surface area contributed by atoms with E-state index in [-0.39, 0.29) is 5.60 Å². The van der Waals surface area contributed by atoms with Gasteiger partial charge in [0.2, 0.25) is 0 Å². The van der Waals surface area contributed by atoms with Crippen molar-refractivity contribution in [2.75, 3.05) is 36.4 Å². The van der Waals surface area contributed by atoms with Gasteiger partial charge in [0.05, 0.1) is 0 Å². The van der Waals surface area contributed by atoms with Gasteiger partial charge in [-0.25, -0.2) is 0 Å². The smallest absolute Gasteiger partial charge is 0.293 e. The molecule has 164 valence electrons. The number of anilines is 2. The van der Waals surface area contributed by atoms with E-state index in [0.717, 1.165) is 38.4 Å². The third-order valence-electron chi connectivity index (χ3n) is 4.78. The largest absolute Gasteiger partial charge is 0.462 e. The van der Waals surface area contributed by atoms with Crippen LogP contribution in [0.5, 0.6) is 0 Å². The molecule has 1 saturated heterocycles. The molecule has 1 fully saturated rings. The molecule has 4 N–H and O–H groups in total. The summed E-state index contributed by atoms with van der Waals surface area (Å²) in [5.41, 5.74) is 12.0. The van der Waals surface area contributed by atoms with Crippen LogP contribution in [0.3, 0.4) is 0 Å². The van der Waals surface area contributed by atoms with Crippen molar-refractivity contribution in [2.45, 2.75) is 46.4 Å². The van der Waals surface area contributed by atoms with E-state index >= 15 is 0 Å². The van der Waals surface area contributed by atoms with Crippen molar-refractivity contribution in [3.8, 4) is 0 Å².